The van der Waals surface area contributed by atoms with Crippen LogP contribution in [0.3, 0.4) is 0 Å². The van der Waals surface area contributed by atoms with Crippen LogP contribution in [0.1, 0.15) is 22.8 Å². The molecule has 1 atom stereocenters. The zero-order valence-corrected chi connectivity index (χ0v) is 9.26. The first kappa shape index (κ1) is 10.3. The Kier molecular flexibility index (Phi) is 3.09. The second-order valence-electron chi connectivity index (χ2n) is 3.05. The number of alkyl halides is 1. The Morgan fingerprint density at radius 2 is 2.15 bits per heavy atom. The molecule has 0 aliphatic carbocycles. The summed E-state index contributed by atoms with van der Waals surface area (Å²) in [5.74, 6) is 0.0862. The van der Waals surface area contributed by atoms with E-state index >= 15 is 0 Å². The van der Waals surface area contributed by atoms with Gasteiger partial charge in [-0.15, -0.1) is 0 Å². The van der Waals surface area contributed by atoms with Crippen molar-refractivity contribution in [3.63, 3.8) is 0 Å². The van der Waals surface area contributed by atoms with Crippen LogP contribution in [0, 0.1) is 6.92 Å². The van der Waals surface area contributed by atoms with Gasteiger partial charge in [0.05, 0.1) is 4.83 Å². The summed E-state index contributed by atoms with van der Waals surface area (Å²) >= 11 is 3.24. The Bertz CT molecular complexity index is 334. The van der Waals surface area contributed by atoms with Crippen LogP contribution in [0.4, 0.5) is 5.69 Å². The Balaban J connectivity index is 3.04. The maximum absolute atomic E-state index is 11.5. The molecule has 1 aromatic rings. The van der Waals surface area contributed by atoms with Crippen molar-refractivity contribution in [2.75, 3.05) is 5.73 Å². The number of aryl methyl sites for hydroxylation is 1. The molecule has 70 valence electrons. The van der Waals surface area contributed by atoms with Crippen molar-refractivity contribution < 1.29 is 4.79 Å². The third-order valence-electron chi connectivity index (χ3n) is 1.92. The SMILES string of the molecule is Cc1cc(C(=O)C(C)Br)ccc1N. The van der Waals surface area contributed by atoms with Gasteiger partial charge in [0.15, 0.2) is 5.78 Å². The second kappa shape index (κ2) is 3.92. The molecule has 0 fully saturated rings. The molecule has 0 aliphatic heterocycles. The number of carbonyl (C=O) groups excluding carboxylic acids is 1. The van der Waals surface area contributed by atoms with E-state index in [4.69, 9.17) is 5.73 Å². The Morgan fingerprint density at radius 3 is 2.62 bits per heavy atom. The van der Waals surface area contributed by atoms with E-state index in [9.17, 15) is 4.79 Å². The number of nitrogens with two attached hydrogens (primary N) is 1. The lowest BCUT2D eigenvalue weighted by molar-refractivity contribution is 0.0996. The van der Waals surface area contributed by atoms with E-state index in [1.165, 1.54) is 0 Å². The molecule has 0 amide bonds. The fraction of sp³-hybridized carbons (Fsp3) is 0.300. The second-order valence-corrected chi connectivity index (χ2v) is 4.43. The predicted molar refractivity (Wildman–Crippen MR) is 58.3 cm³/mol. The molecule has 0 bridgehead atoms. The highest BCUT2D eigenvalue weighted by molar-refractivity contribution is 9.10. The largest absolute Gasteiger partial charge is 0.399 e. The van der Waals surface area contributed by atoms with Gasteiger partial charge in [-0.2, -0.15) is 0 Å². The number of anilines is 1. The summed E-state index contributed by atoms with van der Waals surface area (Å²) in [6.45, 7) is 3.71. The topological polar surface area (TPSA) is 43.1 Å². The summed E-state index contributed by atoms with van der Waals surface area (Å²) < 4.78 is 0. The van der Waals surface area contributed by atoms with Crippen molar-refractivity contribution in [3.05, 3.63) is 29.3 Å². The van der Waals surface area contributed by atoms with Crippen LogP contribution in [-0.4, -0.2) is 10.6 Å². The maximum Gasteiger partial charge on any atom is 0.176 e. The van der Waals surface area contributed by atoms with Crippen LogP contribution in [0.25, 0.3) is 0 Å². The van der Waals surface area contributed by atoms with E-state index in [2.05, 4.69) is 15.9 Å². The zero-order chi connectivity index (χ0) is 10.0. The standard InChI is InChI=1S/C10H12BrNO/c1-6-5-8(3-4-9(6)12)10(13)7(2)11/h3-5,7H,12H2,1-2H3. The van der Waals surface area contributed by atoms with Gasteiger partial charge in [0.2, 0.25) is 0 Å². The highest BCUT2D eigenvalue weighted by Crippen LogP contribution is 2.16. The summed E-state index contributed by atoms with van der Waals surface area (Å²) in [7, 11) is 0. The van der Waals surface area contributed by atoms with Gasteiger partial charge in [-0.05, 0) is 37.6 Å². The molecular weight excluding hydrogens is 230 g/mol. The number of hydrogen-bond acceptors (Lipinski definition) is 2. The van der Waals surface area contributed by atoms with Crippen LogP contribution in [0.5, 0.6) is 0 Å². The van der Waals surface area contributed by atoms with E-state index < -0.39 is 0 Å². The molecule has 13 heavy (non-hydrogen) atoms. The van der Waals surface area contributed by atoms with Gasteiger partial charge in [0.1, 0.15) is 0 Å². The minimum absolute atomic E-state index is 0.0862. The molecule has 0 radical (unpaired) electrons. The molecule has 0 aromatic heterocycles. The molecule has 0 spiro atoms. The van der Waals surface area contributed by atoms with Crippen LogP contribution >= 0.6 is 15.9 Å². The monoisotopic (exact) mass is 241 g/mol. The molecule has 1 rings (SSSR count). The summed E-state index contributed by atoms with van der Waals surface area (Å²) in [5.41, 5.74) is 8.01. The van der Waals surface area contributed by atoms with Gasteiger partial charge in [-0.3, -0.25) is 4.79 Å². The maximum atomic E-state index is 11.5. The number of benzene rings is 1. The number of hydrogen-bond donors (Lipinski definition) is 1. The molecule has 0 saturated heterocycles. The lowest BCUT2D eigenvalue weighted by Gasteiger charge is -2.05. The van der Waals surface area contributed by atoms with Crippen molar-refractivity contribution in [1.82, 2.24) is 0 Å². The fourth-order valence-corrected chi connectivity index (χ4v) is 1.32. The Labute approximate surface area is 86.3 Å². The lowest BCUT2D eigenvalue weighted by Crippen LogP contribution is -2.10. The van der Waals surface area contributed by atoms with Gasteiger partial charge >= 0.3 is 0 Å². The quantitative estimate of drug-likeness (QED) is 0.492. The first-order valence-corrected chi connectivity index (χ1v) is 4.98. The smallest absolute Gasteiger partial charge is 0.176 e. The molecule has 0 heterocycles. The van der Waals surface area contributed by atoms with Crippen molar-refractivity contribution in [3.8, 4) is 0 Å². The third kappa shape index (κ3) is 2.31. The van der Waals surface area contributed by atoms with Gasteiger partial charge in [-0.25, -0.2) is 0 Å². The summed E-state index contributed by atoms with van der Waals surface area (Å²) in [6, 6.07) is 5.33. The van der Waals surface area contributed by atoms with E-state index in [-0.39, 0.29) is 10.6 Å². The van der Waals surface area contributed by atoms with E-state index in [1.807, 2.05) is 19.9 Å². The number of ketones is 1. The summed E-state index contributed by atoms with van der Waals surface area (Å²) in [6.07, 6.45) is 0. The number of rotatable bonds is 2. The number of halogens is 1. The van der Waals surface area contributed by atoms with Crippen LogP contribution in [0.2, 0.25) is 0 Å². The molecule has 3 heteroatoms. The number of Topliss-reactive ketones (excluding diaryl/α,β-unsaturated/α-hetero) is 1. The highest BCUT2D eigenvalue weighted by atomic mass is 79.9. The zero-order valence-electron chi connectivity index (χ0n) is 7.67. The van der Waals surface area contributed by atoms with Gasteiger partial charge in [0, 0.05) is 11.3 Å². The van der Waals surface area contributed by atoms with Crippen LogP contribution < -0.4 is 5.73 Å². The molecule has 2 N–H and O–H groups in total. The summed E-state index contributed by atoms with van der Waals surface area (Å²) in [5, 5.41) is 0. The molecule has 0 saturated carbocycles. The molecular formula is C10H12BrNO. The third-order valence-corrected chi connectivity index (χ3v) is 2.33. The highest BCUT2D eigenvalue weighted by Gasteiger charge is 2.11. The van der Waals surface area contributed by atoms with Crippen molar-refractivity contribution >= 4 is 27.4 Å². The van der Waals surface area contributed by atoms with Gasteiger partial charge in [0.25, 0.3) is 0 Å². The minimum atomic E-state index is -0.143. The molecule has 1 unspecified atom stereocenters. The van der Waals surface area contributed by atoms with Crippen molar-refractivity contribution in [1.29, 1.82) is 0 Å². The predicted octanol–water partition coefficient (Wildman–Crippen LogP) is 2.54. The Hall–Kier alpha value is -0.830. The first-order valence-electron chi connectivity index (χ1n) is 4.07. The average molecular weight is 242 g/mol. The van der Waals surface area contributed by atoms with Crippen molar-refractivity contribution in [2.24, 2.45) is 0 Å². The normalized spacial score (nSPS) is 12.5. The minimum Gasteiger partial charge on any atom is -0.399 e. The molecule has 0 aliphatic rings. The average Bonchev–Trinajstić information content (AvgIpc) is 2.08. The molecule has 1 aromatic carbocycles. The van der Waals surface area contributed by atoms with Crippen molar-refractivity contribution in [2.45, 2.75) is 18.7 Å². The Morgan fingerprint density at radius 1 is 1.54 bits per heavy atom. The fourth-order valence-electron chi connectivity index (χ4n) is 1.06. The first-order chi connectivity index (χ1) is 6.02. The number of nitrogen functional groups attached to an aromatic ring is 1. The van der Waals surface area contributed by atoms with Crippen LogP contribution in [-0.2, 0) is 0 Å². The van der Waals surface area contributed by atoms with E-state index in [1.54, 1.807) is 12.1 Å². The van der Waals surface area contributed by atoms with Gasteiger partial charge < -0.3 is 5.73 Å². The molecule has 2 nitrogen and oxygen atoms in total. The van der Waals surface area contributed by atoms with E-state index in [0.29, 0.717) is 5.56 Å². The number of carbonyl (C=O) groups is 1. The van der Waals surface area contributed by atoms with E-state index in [0.717, 1.165) is 11.3 Å². The van der Waals surface area contributed by atoms with Gasteiger partial charge in [-0.1, -0.05) is 15.9 Å². The van der Waals surface area contributed by atoms with Crippen LogP contribution in [0.15, 0.2) is 18.2 Å². The lowest BCUT2D eigenvalue weighted by atomic mass is 10.1. The summed E-state index contributed by atoms with van der Waals surface area (Å²) in [4.78, 5) is 11.4.